The number of rotatable bonds is 5. The quantitative estimate of drug-likeness (QED) is 0.537. The molecule has 0 saturated carbocycles. The third kappa shape index (κ3) is 3.47. The summed E-state index contributed by atoms with van der Waals surface area (Å²) in [7, 11) is 0. The van der Waals surface area contributed by atoms with Gasteiger partial charge in [-0.25, -0.2) is 4.68 Å². The zero-order chi connectivity index (χ0) is 20.5. The van der Waals surface area contributed by atoms with Crippen molar-refractivity contribution in [2.45, 2.75) is 32.6 Å². The first-order valence-electron chi connectivity index (χ1n) is 9.98. The predicted octanol–water partition coefficient (Wildman–Crippen LogP) is 3.03. The maximum Gasteiger partial charge on any atom is 0.276 e. The third-order valence-corrected chi connectivity index (χ3v) is 5.39. The molecule has 0 bridgehead atoms. The topological polar surface area (TPSA) is 101 Å². The van der Waals surface area contributed by atoms with E-state index in [2.05, 4.69) is 50.1 Å². The van der Waals surface area contributed by atoms with Gasteiger partial charge in [-0.05, 0) is 56.0 Å². The number of amides is 1. The van der Waals surface area contributed by atoms with Crippen molar-refractivity contribution in [2.24, 2.45) is 0 Å². The third-order valence-electron chi connectivity index (χ3n) is 5.39. The first kappa shape index (κ1) is 18.2. The van der Waals surface area contributed by atoms with Crippen LogP contribution in [0.4, 0.5) is 5.69 Å². The smallest absolute Gasteiger partial charge is 0.276 e. The molecule has 8 heteroatoms. The molecule has 2 heterocycles. The number of benzene rings is 2. The molecule has 4 aromatic rings. The number of H-pyrrole nitrogens is 1. The molecule has 0 saturated heterocycles. The van der Waals surface area contributed by atoms with Gasteiger partial charge in [-0.2, -0.15) is 10.3 Å². The van der Waals surface area contributed by atoms with Gasteiger partial charge in [0.15, 0.2) is 11.5 Å². The Morgan fingerprint density at radius 3 is 2.63 bits per heavy atom. The molecule has 30 heavy (non-hydrogen) atoms. The Morgan fingerprint density at radius 2 is 1.90 bits per heavy atom. The van der Waals surface area contributed by atoms with Gasteiger partial charge in [0.2, 0.25) is 0 Å². The summed E-state index contributed by atoms with van der Waals surface area (Å²) in [6, 6.07) is 15.9. The number of aromatic nitrogens is 6. The highest BCUT2D eigenvalue weighted by atomic mass is 16.2. The number of fused-ring (bicyclic) bond motifs is 1. The predicted molar refractivity (Wildman–Crippen MR) is 112 cm³/mol. The summed E-state index contributed by atoms with van der Waals surface area (Å²) in [4.78, 5) is 13.0. The number of aryl methyl sites for hydroxylation is 1. The summed E-state index contributed by atoms with van der Waals surface area (Å²) in [5.74, 6) is 0.453. The second kappa shape index (κ2) is 7.55. The fourth-order valence-electron chi connectivity index (χ4n) is 3.86. The van der Waals surface area contributed by atoms with E-state index in [1.54, 1.807) is 0 Å². The van der Waals surface area contributed by atoms with Gasteiger partial charge in [0.05, 0.1) is 5.69 Å². The van der Waals surface area contributed by atoms with Gasteiger partial charge in [-0.1, -0.05) is 35.0 Å². The number of hydrogen-bond acceptors (Lipinski definition) is 5. The number of carbonyl (C=O) groups excluding carboxylic acids is 1. The number of aromatic amines is 1. The number of anilines is 1. The molecule has 0 spiro atoms. The maximum atomic E-state index is 13.0. The largest absolute Gasteiger partial charge is 0.321 e. The molecule has 8 nitrogen and oxygen atoms in total. The number of tetrazole rings is 1. The lowest BCUT2D eigenvalue weighted by Gasteiger charge is -2.06. The summed E-state index contributed by atoms with van der Waals surface area (Å²) >= 11 is 0. The van der Waals surface area contributed by atoms with Crippen molar-refractivity contribution in [1.82, 2.24) is 30.4 Å². The van der Waals surface area contributed by atoms with Crippen molar-refractivity contribution in [3.05, 3.63) is 82.4 Å². The van der Waals surface area contributed by atoms with E-state index in [9.17, 15) is 4.79 Å². The van der Waals surface area contributed by atoms with E-state index >= 15 is 0 Å². The molecule has 0 atom stereocenters. The zero-order valence-electron chi connectivity index (χ0n) is 16.6. The Kier molecular flexibility index (Phi) is 4.59. The zero-order valence-corrected chi connectivity index (χ0v) is 16.6. The van der Waals surface area contributed by atoms with Crippen molar-refractivity contribution in [1.29, 1.82) is 0 Å². The number of nitrogens with zero attached hydrogens (tertiary/aromatic N) is 5. The molecule has 2 aromatic heterocycles. The molecule has 150 valence electrons. The molecule has 1 amide bonds. The summed E-state index contributed by atoms with van der Waals surface area (Å²) in [6.45, 7) is 2.06. The lowest BCUT2D eigenvalue weighted by molar-refractivity contribution is 0.102. The van der Waals surface area contributed by atoms with Crippen molar-refractivity contribution >= 4 is 11.6 Å². The highest BCUT2D eigenvalue weighted by Crippen LogP contribution is 2.28. The summed E-state index contributed by atoms with van der Waals surface area (Å²) in [5.41, 5.74) is 6.67. The second-order valence-electron chi connectivity index (χ2n) is 7.53. The van der Waals surface area contributed by atoms with E-state index in [1.165, 1.54) is 5.56 Å². The molecule has 0 aliphatic heterocycles. The normalized spacial score (nSPS) is 12.7. The Bertz CT molecular complexity index is 1180. The lowest BCUT2D eigenvalue weighted by atomic mass is 10.1. The van der Waals surface area contributed by atoms with E-state index < -0.39 is 0 Å². The Hall–Kier alpha value is -3.81. The number of carbonyl (C=O) groups is 1. The van der Waals surface area contributed by atoms with Crippen LogP contribution >= 0.6 is 0 Å². The second-order valence-corrected chi connectivity index (χ2v) is 7.53. The first-order valence-corrected chi connectivity index (χ1v) is 9.98. The monoisotopic (exact) mass is 399 g/mol. The van der Waals surface area contributed by atoms with Crippen LogP contribution in [0.2, 0.25) is 0 Å². The van der Waals surface area contributed by atoms with Crippen LogP contribution in [-0.4, -0.2) is 36.3 Å². The molecule has 2 N–H and O–H groups in total. The molecule has 5 rings (SSSR count). The Morgan fingerprint density at radius 1 is 1.10 bits per heavy atom. The van der Waals surface area contributed by atoms with E-state index in [4.69, 9.17) is 0 Å². The van der Waals surface area contributed by atoms with Crippen LogP contribution in [0.25, 0.3) is 5.69 Å². The fourth-order valence-corrected chi connectivity index (χ4v) is 3.86. The number of hydrogen-bond donors (Lipinski definition) is 2. The molecule has 2 aromatic carbocycles. The Labute approximate surface area is 173 Å². The molecule has 1 aliphatic rings. The SMILES string of the molecule is Cc1ccc(-n2nc(C(=O)Nc3ccc(Cc4nn[nH]n4)cc3)c3c2CCC3)cc1. The van der Waals surface area contributed by atoms with Gasteiger partial charge in [-0.3, -0.25) is 4.79 Å². The van der Waals surface area contributed by atoms with Crippen molar-refractivity contribution < 1.29 is 4.79 Å². The molecule has 0 unspecified atom stereocenters. The molecular formula is C22H21N7O. The van der Waals surface area contributed by atoms with Crippen molar-refractivity contribution in [2.75, 3.05) is 5.32 Å². The fraction of sp³-hybridized carbons (Fsp3) is 0.227. The highest BCUT2D eigenvalue weighted by Gasteiger charge is 2.27. The molecule has 1 aliphatic carbocycles. The summed E-state index contributed by atoms with van der Waals surface area (Å²) < 4.78 is 1.92. The summed E-state index contributed by atoms with van der Waals surface area (Å²) in [6.07, 6.45) is 3.45. The maximum absolute atomic E-state index is 13.0. The van der Waals surface area contributed by atoms with Gasteiger partial charge >= 0.3 is 0 Å². The minimum Gasteiger partial charge on any atom is -0.321 e. The van der Waals surface area contributed by atoms with Crippen LogP contribution in [0.3, 0.4) is 0 Å². The first-order chi connectivity index (χ1) is 14.7. The average Bonchev–Trinajstić information content (AvgIpc) is 3.48. The van der Waals surface area contributed by atoms with E-state index in [0.717, 1.165) is 47.5 Å². The van der Waals surface area contributed by atoms with Crippen molar-refractivity contribution in [3.8, 4) is 5.69 Å². The van der Waals surface area contributed by atoms with E-state index in [1.807, 2.05) is 41.1 Å². The molecule has 0 fully saturated rings. The standard InChI is InChI=1S/C22H21N7O/c1-14-5-11-17(12-6-14)29-19-4-2-3-18(19)21(26-29)22(30)23-16-9-7-15(8-10-16)13-20-24-27-28-25-20/h5-12H,2-4,13H2,1H3,(H,23,30)(H,24,25,27,28). The molecular weight excluding hydrogens is 378 g/mol. The van der Waals surface area contributed by atoms with Crippen LogP contribution in [0, 0.1) is 6.92 Å². The number of nitrogens with one attached hydrogen (secondary N) is 2. The Balaban J connectivity index is 1.36. The molecule has 0 radical (unpaired) electrons. The minimum absolute atomic E-state index is 0.176. The van der Waals surface area contributed by atoms with E-state index in [0.29, 0.717) is 17.9 Å². The summed E-state index contributed by atoms with van der Waals surface area (Å²) in [5, 5.41) is 21.6. The van der Waals surface area contributed by atoms with Crippen LogP contribution < -0.4 is 5.32 Å². The lowest BCUT2D eigenvalue weighted by Crippen LogP contribution is -2.15. The van der Waals surface area contributed by atoms with Crippen LogP contribution in [0.15, 0.2) is 48.5 Å². The van der Waals surface area contributed by atoms with Gasteiger partial charge in [-0.15, -0.1) is 10.2 Å². The van der Waals surface area contributed by atoms with Gasteiger partial charge in [0.25, 0.3) is 5.91 Å². The van der Waals surface area contributed by atoms with Crippen molar-refractivity contribution in [3.63, 3.8) is 0 Å². The van der Waals surface area contributed by atoms with Crippen LogP contribution in [0.5, 0.6) is 0 Å². The van der Waals surface area contributed by atoms with Gasteiger partial charge in [0, 0.05) is 23.4 Å². The van der Waals surface area contributed by atoms with E-state index in [-0.39, 0.29) is 5.91 Å². The highest BCUT2D eigenvalue weighted by molar-refractivity contribution is 6.04. The van der Waals surface area contributed by atoms with Crippen LogP contribution in [0.1, 0.15) is 45.1 Å². The minimum atomic E-state index is -0.176. The van der Waals surface area contributed by atoms with Gasteiger partial charge < -0.3 is 5.32 Å². The van der Waals surface area contributed by atoms with Crippen LogP contribution in [-0.2, 0) is 19.3 Å². The average molecular weight is 399 g/mol. The van der Waals surface area contributed by atoms with Gasteiger partial charge in [0.1, 0.15) is 0 Å².